The second-order valence-electron chi connectivity index (χ2n) is 12.9. The average Bonchev–Trinajstić information content (AvgIpc) is 3.24. The van der Waals surface area contributed by atoms with Gasteiger partial charge in [-0.2, -0.15) is 0 Å². The number of benzene rings is 6. The minimum Gasteiger partial charge on any atom is -0.334 e. The standard InChI is InChI=1S/C41H37N/c1-28-26-30(27-36-39(28)42(31-18-8-5-9-19-31)41(3)25-15-14-24-40(36,41)2)38-34-22-12-10-20-32(34)37(29-16-6-4-7-17-29)33-21-11-13-23-35(33)38/h4-13,16-23,26-27H,14-15,24-25H2,1-3H3. The van der Waals surface area contributed by atoms with Gasteiger partial charge in [-0.3, -0.25) is 0 Å². The quantitative estimate of drug-likeness (QED) is 0.201. The lowest BCUT2D eigenvalue weighted by atomic mass is 9.61. The van der Waals surface area contributed by atoms with Gasteiger partial charge < -0.3 is 4.90 Å². The Balaban J connectivity index is 1.45. The van der Waals surface area contributed by atoms with E-state index in [1.54, 1.807) is 0 Å². The third-order valence-electron chi connectivity index (χ3n) is 10.7. The highest BCUT2D eigenvalue weighted by Gasteiger charge is 2.58. The molecule has 8 rings (SSSR count). The van der Waals surface area contributed by atoms with E-state index >= 15 is 0 Å². The maximum Gasteiger partial charge on any atom is 0.0518 e. The Morgan fingerprint density at radius 1 is 0.548 bits per heavy atom. The summed E-state index contributed by atoms with van der Waals surface area (Å²) in [6.45, 7) is 7.41. The first-order valence-electron chi connectivity index (χ1n) is 15.5. The van der Waals surface area contributed by atoms with Crippen LogP contribution in [-0.2, 0) is 5.41 Å². The van der Waals surface area contributed by atoms with Crippen LogP contribution in [0.3, 0.4) is 0 Å². The number of hydrogen-bond donors (Lipinski definition) is 0. The molecule has 0 N–H and O–H groups in total. The Bertz CT molecular complexity index is 1920. The first-order valence-corrected chi connectivity index (χ1v) is 15.5. The van der Waals surface area contributed by atoms with Gasteiger partial charge in [0.05, 0.1) is 5.54 Å². The first kappa shape index (κ1) is 25.4. The molecule has 2 atom stereocenters. The summed E-state index contributed by atoms with van der Waals surface area (Å²) in [5, 5.41) is 5.28. The van der Waals surface area contributed by atoms with Crippen molar-refractivity contribution in [2.45, 2.75) is 57.4 Å². The molecule has 0 spiro atoms. The summed E-state index contributed by atoms with van der Waals surface area (Å²) in [6.07, 6.45) is 5.00. The van der Waals surface area contributed by atoms with Crippen LogP contribution in [0.4, 0.5) is 11.4 Å². The topological polar surface area (TPSA) is 3.24 Å². The molecule has 6 aromatic carbocycles. The summed E-state index contributed by atoms with van der Waals surface area (Å²) in [7, 11) is 0. The van der Waals surface area contributed by atoms with E-state index in [0.717, 1.165) is 0 Å². The van der Waals surface area contributed by atoms with E-state index in [1.165, 1.54) is 92.0 Å². The molecule has 1 fully saturated rings. The van der Waals surface area contributed by atoms with E-state index < -0.39 is 0 Å². The number of para-hydroxylation sites is 1. The van der Waals surface area contributed by atoms with Crippen LogP contribution in [0.1, 0.15) is 50.7 Å². The number of anilines is 2. The van der Waals surface area contributed by atoms with E-state index in [9.17, 15) is 0 Å². The Morgan fingerprint density at radius 2 is 1.05 bits per heavy atom. The number of aryl methyl sites for hydroxylation is 1. The van der Waals surface area contributed by atoms with Crippen molar-refractivity contribution < 1.29 is 0 Å². The van der Waals surface area contributed by atoms with Crippen LogP contribution in [0.2, 0.25) is 0 Å². The van der Waals surface area contributed by atoms with Crippen LogP contribution in [0.15, 0.2) is 121 Å². The van der Waals surface area contributed by atoms with Gasteiger partial charge in [-0.25, -0.2) is 0 Å². The molecule has 1 aliphatic heterocycles. The predicted molar refractivity (Wildman–Crippen MR) is 180 cm³/mol. The van der Waals surface area contributed by atoms with Crippen molar-refractivity contribution in [3.05, 3.63) is 132 Å². The number of nitrogens with zero attached hydrogens (tertiary/aromatic N) is 1. The van der Waals surface area contributed by atoms with Crippen molar-refractivity contribution in [1.82, 2.24) is 0 Å². The third-order valence-corrected chi connectivity index (χ3v) is 10.7. The van der Waals surface area contributed by atoms with Crippen LogP contribution in [0.5, 0.6) is 0 Å². The van der Waals surface area contributed by atoms with E-state index in [4.69, 9.17) is 0 Å². The molecule has 6 aromatic rings. The van der Waals surface area contributed by atoms with Crippen molar-refractivity contribution in [1.29, 1.82) is 0 Å². The molecule has 0 saturated heterocycles. The zero-order chi connectivity index (χ0) is 28.5. The van der Waals surface area contributed by atoms with Crippen LogP contribution >= 0.6 is 0 Å². The zero-order valence-corrected chi connectivity index (χ0v) is 24.8. The summed E-state index contributed by atoms with van der Waals surface area (Å²) in [5.41, 5.74) is 11.0. The van der Waals surface area contributed by atoms with E-state index in [0.29, 0.717) is 0 Å². The predicted octanol–water partition coefficient (Wildman–Crippen LogP) is 11.4. The van der Waals surface area contributed by atoms with E-state index in [-0.39, 0.29) is 11.0 Å². The highest BCUT2D eigenvalue weighted by Crippen LogP contribution is 2.62. The molecule has 1 aliphatic carbocycles. The van der Waals surface area contributed by atoms with Gasteiger partial charge in [-0.15, -0.1) is 0 Å². The fourth-order valence-corrected chi connectivity index (χ4v) is 8.51. The van der Waals surface area contributed by atoms with Crippen molar-refractivity contribution in [2.24, 2.45) is 0 Å². The Kier molecular flexibility index (Phi) is 5.63. The lowest BCUT2D eigenvalue weighted by molar-refractivity contribution is 0.195. The van der Waals surface area contributed by atoms with E-state index in [2.05, 4.69) is 147 Å². The molecule has 1 nitrogen and oxygen atoms in total. The number of hydrogen-bond acceptors (Lipinski definition) is 1. The highest BCUT2D eigenvalue weighted by molar-refractivity contribution is 6.21. The van der Waals surface area contributed by atoms with Gasteiger partial charge in [0.1, 0.15) is 0 Å². The molecular weight excluding hydrogens is 506 g/mol. The summed E-state index contributed by atoms with van der Waals surface area (Å²) >= 11 is 0. The molecule has 206 valence electrons. The SMILES string of the molecule is Cc1cc(-c2c3ccccc3c(-c3ccccc3)c3ccccc23)cc2c1N(c1ccccc1)C1(C)CCCCC21C. The Hall–Kier alpha value is -4.36. The molecule has 0 aromatic heterocycles. The average molecular weight is 544 g/mol. The van der Waals surface area contributed by atoms with Crippen molar-refractivity contribution in [3.8, 4) is 22.3 Å². The van der Waals surface area contributed by atoms with Crippen molar-refractivity contribution >= 4 is 32.9 Å². The van der Waals surface area contributed by atoms with Gasteiger partial charge in [-0.05, 0) is 106 Å². The minimum atomic E-state index is 0.0413. The number of rotatable bonds is 3. The molecule has 0 amide bonds. The van der Waals surface area contributed by atoms with Gasteiger partial charge in [0, 0.05) is 16.8 Å². The molecular formula is C41H37N. The van der Waals surface area contributed by atoms with Gasteiger partial charge in [0.2, 0.25) is 0 Å². The molecule has 0 bridgehead atoms. The summed E-state index contributed by atoms with van der Waals surface area (Å²) in [5.74, 6) is 0. The molecule has 2 unspecified atom stereocenters. The smallest absolute Gasteiger partial charge is 0.0518 e. The van der Waals surface area contributed by atoms with Crippen LogP contribution in [0.25, 0.3) is 43.8 Å². The summed E-state index contributed by atoms with van der Waals surface area (Å²) in [4.78, 5) is 2.70. The second kappa shape index (κ2) is 9.33. The fourth-order valence-electron chi connectivity index (χ4n) is 8.51. The molecule has 42 heavy (non-hydrogen) atoms. The molecule has 2 aliphatic rings. The maximum atomic E-state index is 2.70. The van der Waals surface area contributed by atoms with Crippen molar-refractivity contribution in [2.75, 3.05) is 4.90 Å². The second-order valence-corrected chi connectivity index (χ2v) is 12.9. The molecule has 1 heterocycles. The monoisotopic (exact) mass is 543 g/mol. The van der Waals surface area contributed by atoms with Crippen molar-refractivity contribution in [3.63, 3.8) is 0 Å². The zero-order valence-electron chi connectivity index (χ0n) is 24.8. The molecule has 1 heteroatoms. The van der Waals surface area contributed by atoms with Crippen LogP contribution < -0.4 is 4.90 Å². The van der Waals surface area contributed by atoms with Gasteiger partial charge in [0.25, 0.3) is 0 Å². The molecule has 1 saturated carbocycles. The summed E-state index contributed by atoms with van der Waals surface area (Å²) < 4.78 is 0. The first-order chi connectivity index (χ1) is 20.5. The van der Waals surface area contributed by atoms with Crippen LogP contribution in [-0.4, -0.2) is 5.54 Å². The van der Waals surface area contributed by atoms with Gasteiger partial charge in [0.15, 0.2) is 0 Å². The minimum absolute atomic E-state index is 0.0413. The Labute approximate surface area is 249 Å². The number of fused-ring (bicyclic) bond motifs is 5. The van der Waals surface area contributed by atoms with Crippen LogP contribution in [0, 0.1) is 6.92 Å². The van der Waals surface area contributed by atoms with Gasteiger partial charge in [-0.1, -0.05) is 117 Å². The van der Waals surface area contributed by atoms with Gasteiger partial charge >= 0.3 is 0 Å². The lowest BCUT2D eigenvalue weighted by Crippen LogP contribution is -2.54. The molecule has 0 radical (unpaired) electrons. The summed E-state index contributed by atoms with van der Waals surface area (Å²) in [6, 6.07) is 45.1. The Morgan fingerprint density at radius 3 is 1.64 bits per heavy atom. The fraction of sp³-hybridized carbons (Fsp3) is 0.220. The highest BCUT2D eigenvalue weighted by atomic mass is 15.3. The maximum absolute atomic E-state index is 2.70. The lowest BCUT2D eigenvalue weighted by Gasteiger charge is -2.50. The third kappa shape index (κ3) is 3.43. The largest absolute Gasteiger partial charge is 0.334 e. The van der Waals surface area contributed by atoms with E-state index in [1.807, 2.05) is 0 Å². The normalized spacial score (nSPS) is 21.5.